The first kappa shape index (κ1) is 24.5. The van der Waals surface area contributed by atoms with E-state index in [1.54, 1.807) is 0 Å². The Bertz CT molecular complexity index is 1390. The number of rotatable bonds is 5. The van der Waals surface area contributed by atoms with Gasteiger partial charge in [-0.1, -0.05) is 24.6 Å². The van der Waals surface area contributed by atoms with Crippen LogP contribution in [-0.2, 0) is 4.79 Å². The summed E-state index contributed by atoms with van der Waals surface area (Å²) in [6.45, 7) is 9.39. The largest absolute Gasteiger partial charge is 0.368 e. The normalized spacial score (nSPS) is 20.0. The van der Waals surface area contributed by atoms with Crippen LogP contribution in [0, 0.1) is 0 Å². The van der Waals surface area contributed by atoms with Crippen LogP contribution in [0.5, 0.6) is 0 Å². The molecule has 0 atom stereocenters. The van der Waals surface area contributed by atoms with Gasteiger partial charge in [0.15, 0.2) is 10.8 Å². The third kappa shape index (κ3) is 5.00. The maximum absolute atomic E-state index is 12.5. The van der Waals surface area contributed by atoms with E-state index in [0.717, 1.165) is 91.4 Å². The van der Waals surface area contributed by atoms with Gasteiger partial charge < -0.3 is 9.80 Å². The number of amidine groups is 1. The standard InChI is InChI=1S/C27H30ClN7OS/c1-2-9-32-12-14-33(15-13-32)22-7-5-19(16-21(22)28)23-18-29-25-8-6-20(31-35(23)25)17-24-26(36)30-27(37-24)34-10-3-4-11-34/h5-8,16-18H,2-4,9-15H2,1H3. The minimum atomic E-state index is -0.197. The van der Waals surface area contributed by atoms with Crippen molar-refractivity contribution in [3.05, 3.63) is 52.2 Å². The number of hydrogen-bond donors (Lipinski definition) is 0. The fraction of sp³-hybridized carbons (Fsp3) is 0.407. The number of imidazole rings is 1. The summed E-state index contributed by atoms with van der Waals surface area (Å²) in [5, 5.41) is 6.32. The molecular weight excluding hydrogens is 506 g/mol. The van der Waals surface area contributed by atoms with E-state index >= 15 is 0 Å². The van der Waals surface area contributed by atoms with Crippen molar-refractivity contribution >= 4 is 51.8 Å². The number of fused-ring (bicyclic) bond motifs is 1. The molecule has 2 fully saturated rings. The van der Waals surface area contributed by atoms with Gasteiger partial charge in [-0.25, -0.2) is 9.50 Å². The van der Waals surface area contributed by atoms with Crippen LogP contribution in [0.25, 0.3) is 23.0 Å². The van der Waals surface area contributed by atoms with Crippen LogP contribution in [0.15, 0.2) is 46.4 Å². The molecule has 0 unspecified atom stereocenters. The molecule has 0 aliphatic carbocycles. The van der Waals surface area contributed by atoms with Gasteiger partial charge in [0, 0.05) is 44.8 Å². The first-order chi connectivity index (χ1) is 18.1. The van der Waals surface area contributed by atoms with E-state index in [9.17, 15) is 4.79 Å². The number of likely N-dealkylation sites (tertiary alicyclic amines) is 1. The monoisotopic (exact) mass is 535 g/mol. The van der Waals surface area contributed by atoms with E-state index in [-0.39, 0.29) is 5.91 Å². The molecule has 3 aromatic rings. The molecule has 10 heteroatoms. The number of thioether (sulfide) groups is 1. The fourth-order valence-corrected chi connectivity index (χ4v) is 6.44. The zero-order chi connectivity index (χ0) is 25.4. The van der Waals surface area contributed by atoms with Gasteiger partial charge in [0.2, 0.25) is 0 Å². The molecular formula is C27H30ClN7OS. The molecule has 0 saturated carbocycles. The van der Waals surface area contributed by atoms with Gasteiger partial charge in [-0.05, 0) is 67.9 Å². The lowest BCUT2D eigenvalue weighted by molar-refractivity contribution is -0.113. The highest BCUT2D eigenvalue weighted by atomic mass is 35.5. The summed E-state index contributed by atoms with van der Waals surface area (Å²) in [6, 6.07) is 9.99. The highest BCUT2D eigenvalue weighted by Gasteiger charge is 2.28. The lowest BCUT2D eigenvalue weighted by Gasteiger charge is -2.36. The number of amides is 1. The topological polar surface area (TPSA) is 69.3 Å². The molecule has 3 aliphatic heterocycles. The second-order valence-electron chi connectivity index (χ2n) is 9.67. The SMILES string of the molecule is CCCN1CCN(c2ccc(-c3cnc4ccc(C=C5SC(N6CCCC6)=NC5=O)nn34)cc2Cl)CC1. The molecule has 37 heavy (non-hydrogen) atoms. The first-order valence-electron chi connectivity index (χ1n) is 13.0. The van der Waals surface area contributed by atoms with Crippen molar-refractivity contribution < 1.29 is 4.79 Å². The van der Waals surface area contributed by atoms with E-state index < -0.39 is 0 Å². The van der Waals surface area contributed by atoms with E-state index in [2.05, 4.69) is 43.7 Å². The summed E-state index contributed by atoms with van der Waals surface area (Å²) < 4.78 is 1.81. The Labute approximate surface area is 226 Å². The minimum Gasteiger partial charge on any atom is -0.368 e. The zero-order valence-electron chi connectivity index (χ0n) is 20.9. The number of carbonyl (C=O) groups is 1. The van der Waals surface area contributed by atoms with Crippen LogP contribution in [0.2, 0.25) is 5.02 Å². The Morgan fingerprint density at radius 1 is 1.03 bits per heavy atom. The number of anilines is 1. The number of carbonyl (C=O) groups excluding carboxylic acids is 1. The molecule has 1 aromatic carbocycles. The van der Waals surface area contributed by atoms with Gasteiger partial charge >= 0.3 is 0 Å². The summed E-state index contributed by atoms with van der Waals surface area (Å²) in [4.78, 5) is 29.0. The summed E-state index contributed by atoms with van der Waals surface area (Å²) >= 11 is 8.22. The van der Waals surface area contributed by atoms with E-state index in [4.69, 9.17) is 16.7 Å². The Hall–Kier alpha value is -2.88. The number of aliphatic imine (C=N–C) groups is 1. The molecule has 1 amide bonds. The molecule has 0 N–H and O–H groups in total. The quantitative estimate of drug-likeness (QED) is 0.440. The molecule has 5 heterocycles. The van der Waals surface area contributed by atoms with Crippen LogP contribution < -0.4 is 4.90 Å². The minimum absolute atomic E-state index is 0.197. The van der Waals surface area contributed by atoms with Crippen molar-refractivity contribution in [2.75, 3.05) is 50.7 Å². The lowest BCUT2D eigenvalue weighted by Crippen LogP contribution is -2.46. The molecule has 2 aromatic heterocycles. The number of benzene rings is 1. The Kier molecular flexibility index (Phi) is 6.92. The zero-order valence-corrected chi connectivity index (χ0v) is 22.5. The Morgan fingerprint density at radius 2 is 1.84 bits per heavy atom. The third-order valence-corrected chi connectivity index (χ3v) is 8.49. The van der Waals surface area contributed by atoms with Crippen LogP contribution in [0.3, 0.4) is 0 Å². The Balaban J connectivity index is 1.23. The number of halogens is 1. The predicted molar refractivity (Wildman–Crippen MR) is 151 cm³/mol. The number of piperazine rings is 1. The number of nitrogens with zero attached hydrogens (tertiary/aromatic N) is 7. The average Bonchev–Trinajstić information content (AvgIpc) is 3.65. The molecule has 0 radical (unpaired) electrons. The van der Waals surface area contributed by atoms with Crippen LogP contribution >= 0.6 is 23.4 Å². The highest BCUT2D eigenvalue weighted by Crippen LogP contribution is 2.33. The third-order valence-electron chi connectivity index (χ3n) is 7.14. The van der Waals surface area contributed by atoms with Gasteiger partial charge in [-0.2, -0.15) is 10.1 Å². The molecule has 192 valence electrons. The first-order valence-corrected chi connectivity index (χ1v) is 14.2. The number of hydrogen-bond acceptors (Lipinski definition) is 7. The summed E-state index contributed by atoms with van der Waals surface area (Å²) in [6.07, 6.45) is 7.11. The highest BCUT2D eigenvalue weighted by molar-refractivity contribution is 8.18. The van der Waals surface area contributed by atoms with Gasteiger partial charge in [-0.15, -0.1) is 0 Å². The maximum atomic E-state index is 12.5. The fourth-order valence-electron chi connectivity index (χ4n) is 5.19. The lowest BCUT2D eigenvalue weighted by atomic mass is 10.1. The second-order valence-corrected chi connectivity index (χ2v) is 11.1. The van der Waals surface area contributed by atoms with Gasteiger partial charge in [0.05, 0.1) is 33.2 Å². The summed E-state index contributed by atoms with van der Waals surface area (Å²) in [7, 11) is 0. The molecule has 6 rings (SSSR count). The van der Waals surface area contributed by atoms with E-state index in [1.165, 1.54) is 18.2 Å². The summed E-state index contributed by atoms with van der Waals surface area (Å²) in [5.41, 5.74) is 4.31. The molecule has 2 saturated heterocycles. The van der Waals surface area contributed by atoms with Gasteiger partial charge in [0.1, 0.15) is 0 Å². The Morgan fingerprint density at radius 3 is 2.59 bits per heavy atom. The van der Waals surface area contributed by atoms with Crippen LogP contribution in [0.1, 0.15) is 31.9 Å². The summed E-state index contributed by atoms with van der Waals surface area (Å²) in [5.74, 6) is -0.197. The van der Waals surface area contributed by atoms with E-state index in [0.29, 0.717) is 10.6 Å². The smallest absolute Gasteiger partial charge is 0.286 e. The molecule has 3 aliphatic rings. The van der Waals surface area contributed by atoms with Crippen LogP contribution in [0.4, 0.5) is 5.69 Å². The number of aromatic nitrogens is 3. The van der Waals surface area contributed by atoms with Gasteiger partial charge in [0.25, 0.3) is 5.91 Å². The van der Waals surface area contributed by atoms with Gasteiger partial charge in [-0.3, -0.25) is 9.69 Å². The van der Waals surface area contributed by atoms with Crippen molar-refractivity contribution in [1.29, 1.82) is 0 Å². The molecule has 0 spiro atoms. The second kappa shape index (κ2) is 10.5. The van der Waals surface area contributed by atoms with E-state index in [1.807, 2.05) is 35.0 Å². The molecule has 8 nitrogen and oxygen atoms in total. The van der Waals surface area contributed by atoms with Crippen molar-refractivity contribution in [3.8, 4) is 11.3 Å². The van der Waals surface area contributed by atoms with Crippen molar-refractivity contribution in [3.63, 3.8) is 0 Å². The average molecular weight is 536 g/mol. The van der Waals surface area contributed by atoms with Crippen molar-refractivity contribution in [1.82, 2.24) is 24.4 Å². The van der Waals surface area contributed by atoms with Crippen molar-refractivity contribution in [2.45, 2.75) is 26.2 Å². The van der Waals surface area contributed by atoms with Crippen molar-refractivity contribution in [2.24, 2.45) is 4.99 Å². The predicted octanol–water partition coefficient (Wildman–Crippen LogP) is 4.65. The molecule has 0 bridgehead atoms. The van der Waals surface area contributed by atoms with Crippen LogP contribution in [-0.4, -0.2) is 81.3 Å². The maximum Gasteiger partial charge on any atom is 0.286 e.